The molecule has 8 heteroatoms. The number of ether oxygens (including phenoxy) is 2. The standard InChI is InChI=1S/C13H20N6O2/c1-3-6-14-11-16-12(19-8-4-7-15-19)18-13(17-11)21-10-5-9-20-2/h4,7-8H,3,5-6,9-10H2,1-2H3,(H,14,16,17,18). The van der Waals surface area contributed by atoms with E-state index in [0.29, 0.717) is 25.1 Å². The Bertz CT molecular complexity index is 531. The lowest BCUT2D eigenvalue weighted by molar-refractivity contribution is 0.168. The molecule has 2 aromatic rings. The number of aromatic nitrogens is 5. The van der Waals surface area contributed by atoms with Crippen LogP contribution in [0.2, 0.25) is 0 Å². The Kier molecular flexibility index (Phi) is 5.89. The molecule has 8 nitrogen and oxygen atoms in total. The summed E-state index contributed by atoms with van der Waals surface area (Å²) in [5.74, 6) is 0.912. The van der Waals surface area contributed by atoms with Crippen molar-refractivity contribution in [3.63, 3.8) is 0 Å². The second-order valence-corrected chi connectivity index (χ2v) is 4.31. The number of methoxy groups -OCH3 is 1. The van der Waals surface area contributed by atoms with Crippen molar-refractivity contribution in [2.24, 2.45) is 0 Å². The van der Waals surface area contributed by atoms with Crippen molar-refractivity contribution in [3.05, 3.63) is 18.5 Å². The summed E-state index contributed by atoms with van der Waals surface area (Å²) in [6.45, 7) is 3.98. The molecule has 0 aliphatic rings. The fraction of sp³-hybridized carbons (Fsp3) is 0.538. The van der Waals surface area contributed by atoms with Crippen molar-refractivity contribution in [2.45, 2.75) is 19.8 Å². The molecule has 0 fully saturated rings. The van der Waals surface area contributed by atoms with Gasteiger partial charge in [0.25, 0.3) is 5.95 Å². The third-order valence-corrected chi connectivity index (χ3v) is 2.57. The minimum absolute atomic E-state index is 0.283. The van der Waals surface area contributed by atoms with Crippen LogP contribution in [0.3, 0.4) is 0 Å². The maximum atomic E-state index is 5.54. The summed E-state index contributed by atoms with van der Waals surface area (Å²) in [7, 11) is 1.66. The van der Waals surface area contributed by atoms with Crippen LogP contribution >= 0.6 is 0 Å². The maximum Gasteiger partial charge on any atom is 0.323 e. The summed E-state index contributed by atoms with van der Waals surface area (Å²) in [5, 5.41) is 7.25. The maximum absolute atomic E-state index is 5.54. The van der Waals surface area contributed by atoms with Crippen molar-refractivity contribution in [3.8, 4) is 12.0 Å². The number of hydrogen-bond donors (Lipinski definition) is 1. The highest BCUT2D eigenvalue weighted by atomic mass is 16.5. The second-order valence-electron chi connectivity index (χ2n) is 4.31. The molecule has 21 heavy (non-hydrogen) atoms. The molecule has 0 atom stereocenters. The molecule has 0 saturated carbocycles. The normalized spacial score (nSPS) is 10.6. The van der Waals surface area contributed by atoms with E-state index in [2.05, 4.69) is 32.3 Å². The van der Waals surface area contributed by atoms with Crippen LogP contribution in [0.1, 0.15) is 19.8 Å². The van der Waals surface area contributed by atoms with E-state index in [4.69, 9.17) is 9.47 Å². The molecule has 0 radical (unpaired) electrons. The highest BCUT2D eigenvalue weighted by Gasteiger charge is 2.09. The van der Waals surface area contributed by atoms with Gasteiger partial charge in [-0.05, 0) is 12.5 Å². The molecule has 0 spiro atoms. The van der Waals surface area contributed by atoms with Crippen LogP contribution in [-0.4, -0.2) is 51.6 Å². The van der Waals surface area contributed by atoms with E-state index in [1.54, 1.807) is 24.2 Å². The molecule has 0 bridgehead atoms. The van der Waals surface area contributed by atoms with Crippen molar-refractivity contribution in [1.82, 2.24) is 24.7 Å². The van der Waals surface area contributed by atoms with Gasteiger partial charge >= 0.3 is 6.01 Å². The highest BCUT2D eigenvalue weighted by molar-refractivity contribution is 5.29. The lowest BCUT2D eigenvalue weighted by Crippen LogP contribution is -2.12. The summed E-state index contributed by atoms with van der Waals surface area (Å²) >= 11 is 0. The van der Waals surface area contributed by atoms with Gasteiger partial charge in [0.2, 0.25) is 5.95 Å². The van der Waals surface area contributed by atoms with Crippen LogP contribution in [0.25, 0.3) is 5.95 Å². The number of anilines is 1. The predicted octanol–water partition coefficient (Wildman–Crippen LogP) is 1.29. The average Bonchev–Trinajstić information content (AvgIpc) is 3.04. The molecule has 2 rings (SSSR count). The van der Waals surface area contributed by atoms with Gasteiger partial charge in [0.05, 0.1) is 6.61 Å². The van der Waals surface area contributed by atoms with Crippen LogP contribution in [0.5, 0.6) is 6.01 Å². The summed E-state index contributed by atoms with van der Waals surface area (Å²) in [6, 6.07) is 2.09. The van der Waals surface area contributed by atoms with E-state index in [9.17, 15) is 0 Å². The first kappa shape index (κ1) is 15.2. The third-order valence-electron chi connectivity index (χ3n) is 2.57. The third kappa shape index (κ3) is 4.67. The monoisotopic (exact) mass is 292 g/mol. The molecule has 0 amide bonds. The van der Waals surface area contributed by atoms with Gasteiger partial charge in [-0.25, -0.2) is 4.68 Å². The van der Waals surface area contributed by atoms with E-state index >= 15 is 0 Å². The first-order valence-corrected chi connectivity index (χ1v) is 6.95. The van der Waals surface area contributed by atoms with Gasteiger partial charge < -0.3 is 14.8 Å². The molecule has 0 aliphatic heterocycles. The molecule has 1 N–H and O–H groups in total. The van der Waals surface area contributed by atoms with Crippen molar-refractivity contribution in [1.29, 1.82) is 0 Å². The highest BCUT2D eigenvalue weighted by Crippen LogP contribution is 2.11. The largest absolute Gasteiger partial charge is 0.463 e. The van der Waals surface area contributed by atoms with Gasteiger partial charge in [-0.15, -0.1) is 0 Å². The predicted molar refractivity (Wildman–Crippen MR) is 77.7 cm³/mol. The summed E-state index contributed by atoms with van der Waals surface area (Å²) < 4.78 is 12.1. The van der Waals surface area contributed by atoms with Crippen molar-refractivity contribution in [2.75, 3.05) is 32.2 Å². The number of rotatable bonds is 9. The van der Waals surface area contributed by atoms with Crippen molar-refractivity contribution < 1.29 is 9.47 Å². The van der Waals surface area contributed by atoms with E-state index in [0.717, 1.165) is 19.4 Å². The Balaban J connectivity index is 2.12. The molecule has 0 aromatic carbocycles. The molecule has 2 aromatic heterocycles. The zero-order valence-electron chi connectivity index (χ0n) is 12.3. The van der Waals surface area contributed by atoms with E-state index in [1.165, 1.54) is 0 Å². The summed E-state index contributed by atoms with van der Waals surface area (Å²) in [6.07, 6.45) is 5.19. The molecular formula is C13H20N6O2. The average molecular weight is 292 g/mol. The fourth-order valence-electron chi connectivity index (χ4n) is 1.58. The topological polar surface area (TPSA) is 87.0 Å². The summed E-state index contributed by atoms with van der Waals surface area (Å²) in [4.78, 5) is 12.8. The zero-order valence-corrected chi connectivity index (χ0v) is 12.3. The van der Waals surface area contributed by atoms with Crippen LogP contribution in [0.15, 0.2) is 18.5 Å². The summed E-state index contributed by atoms with van der Waals surface area (Å²) in [5.41, 5.74) is 0. The second kappa shape index (κ2) is 8.15. The van der Waals surface area contributed by atoms with Gasteiger partial charge in [-0.3, -0.25) is 0 Å². The van der Waals surface area contributed by atoms with Crippen LogP contribution in [0.4, 0.5) is 5.95 Å². The molecule has 0 aliphatic carbocycles. The lowest BCUT2D eigenvalue weighted by atomic mass is 10.5. The van der Waals surface area contributed by atoms with Crippen LogP contribution in [0, 0.1) is 0 Å². The zero-order chi connectivity index (χ0) is 14.9. The van der Waals surface area contributed by atoms with E-state index < -0.39 is 0 Å². The molecule has 2 heterocycles. The Morgan fingerprint density at radius 1 is 1.24 bits per heavy atom. The number of nitrogens with one attached hydrogen (secondary N) is 1. The first-order valence-electron chi connectivity index (χ1n) is 6.95. The molecule has 114 valence electrons. The first-order chi connectivity index (χ1) is 10.3. The Morgan fingerprint density at radius 3 is 2.86 bits per heavy atom. The fourth-order valence-corrected chi connectivity index (χ4v) is 1.58. The quantitative estimate of drug-likeness (QED) is 0.697. The van der Waals surface area contributed by atoms with Gasteiger partial charge in [-0.1, -0.05) is 6.92 Å². The molecule has 0 saturated heterocycles. The van der Waals surface area contributed by atoms with Crippen LogP contribution in [-0.2, 0) is 4.74 Å². The Labute approximate surface area is 123 Å². The van der Waals surface area contributed by atoms with Crippen molar-refractivity contribution >= 4 is 5.95 Å². The van der Waals surface area contributed by atoms with Gasteiger partial charge in [0.15, 0.2) is 0 Å². The minimum Gasteiger partial charge on any atom is -0.463 e. The number of nitrogens with zero attached hydrogens (tertiary/aromatic N) is 5. The number of hydrogen-bond acceptors (Lipinski definition) is 7. The Hall–Kier alpha value is -2.22. The van der Waals surface area contributed by atoms with E-state index in [-0.39, 0.29) is 6.01 Å². The smallest absolute Gasteiger partial charge is 0.323 e. The molecular weight excluding hydrogens is 272 g/mol. The Morgan fingerprint density at radius 2 is 2.14 bits per heavy atom. The van der Waals surface area contributed by atoms with Gasteiger partial charge in [0, 0.05) is 39.1 Å². The minimum atomic E-state index is 0.283. The SMILES string of the molecule is CCCNc1nc(OCCCOC)nc(-n2cccn2)n1. The lowest BCUT2D eigenvalue weighted by Gasteiger charge is -2.09. The van der Waals surface area contributed by atoms with Gasteiger partial charge in [0.1, 0.15) is 0 Å². The van der Waals surface area contributed by atoms with E-state index in [1.807, 2.05) is 6.07 Å². The van der Waals surface area contributed by atoms with Gasteiger partial charge in [-0.2, -0.15) is 20.1 Å². The molecule has 0 unspecified atom stereocenters. The van der Waals surface area contributed by atoms with Crippen LogP contribution < -0.4 is 10.1 Å².